The van der Waals surface area contributed by atoms with Crippen molar-refractivity contribution in [3.8, 4) is 0 Å². The molecule has 1 N–H and O–H groups in total. The van der Waals surface area contributed by atoms with Gasteiger partial charge in [0.1, 0.15) is 0 Å². The lowest BCUT2D eigenvalue weighted by molar-refractivity contribution is -0.137. The Morgan fingerprint density at radius 1 is 1.33 bits per heavy atom. The summed E-state index contributed by atoms with van der Waals surface area (Å²) in [7, 11) is 0. The normalized spacial score (nSPS) is 14.0. The maximum absolute atomic E-state index is 12.4. The van der Waals surface area contributed by atoms with Crippen LogP contribution in [0.15, 0.2) is 18.2 Å². The third-order valence-electron chi connectivity index (χ3n) is 1.83. The van der Waals surface area contributed by atoms with Crippen molar-refractivity contribution >= 4 is 23.2 Å². The number of benzene rings is 1. The first-order chi connectivity index (χ1) is 6.86. The molecule has 0 unspecified atom stereocenters. The molecule has 0 saturated heterocycles. The molecule has 1 nitrogen and oxygen atoms in total. The Morgan fingerprint density at radius 3 is 2.40 bits per heavy atom. The molecule has 0 spiro atoms. The van der Waals surface area contributed by atoms with E-state index in [1.165, 1.54) is 6.07 Å². The third kappa shape index (κ3) is 3.00. The Morgan fingerprint density at radius 2 is 1.93 bits per heavy atom. The number of rotatable bonds is 2. The van der Waals surface area contributed by atoms with Crippen LogP contribution in [0.3, 0.4) is 0 Å². The van der Waals surface area contributed by atoms with E-state index in [2.05, 4.69) is 0 Å². The van der Waals surface area contributed by atoms with Crippen LogP contribution in [0.1, 0.15) is 17.2 Å². The molecule has 15 heavy (non-hydrogen) atoms. The van der Waals surface area contributed by atoms with Gasteiger partial charge < -0.3 is 5.11 Å². The first-order valence-corrected chi connectivity index (χ1v) is 4.88. The van der Waals surface area contributed by atoms with Crippen molar-refractivity contribution in [2.75, 3.05) is 5.88 Å². The molecule has 0 aliphatic rings. The zero-order valence-electron chi connectivity index (χ0n) is 7.35. The maximum atomic E-state index is 12.4. The Bertz CT molecular complexity index is 352. The molecule has 0 aliphatic carbocycles. The van der Waals surface area contributed by atoms with Crippen molar-refractivity contribution in [3.63, 3.8) is 0 Å². The standard InChI is InChI=1S/C9H7Cl2F3O/c10-4-8(15)5-1-2-7(11)6(3-5)9(12,13)14/h1-3,8,15H,4H2/t8-/m0/s1. The summed E-state index contributed by atoms with van der Waals surface area (Å²) in [5, 5.41) is 8.87. The van der Waals surface area contributed by atoms with E-state index in [1.807, 2.05) is 0 Å². The molecular weight excluding hydrogens is 252 g/mol. The summed E-state index contributed by atoms with van der Waals surface area (Å²) < 4.78 is 37.2. The Kier molecular flexibility index (Phi) is 3.87. The lowest BCUT2D eigenvalue weighted by atomic mass is 10.1. The summed E-state index contributed by atoms with van der Waals surface area (Å²) in [6.45, 7) is 0. The van der Waals surface area contributed by atoms with Gasteiger partial charge >= 0.3 is 6.18 Å². The minimum Gasteiger partial charge on any atom is -0.387 e. The van der Waals surface area contributed by atoms with Crippen molar-refractivity contribution in [1.29, 1.82) is 0 Å². The van der Waals surface area contributed by atoms with Crippen LogP contribution < -0.4 is 0 Å². The molecule has 0 aromatic heterocycles. The van der Waals surface area contributed by atoms with Crippen LogP contribution in [0.2, 0.25) is 5.02 Å². The maximum Gasteiger partial charge on any atom is 0.417 e. The van der Waals surface area contributed by atoms with Gasteiger partial charge in [0.15, 0.2) is 0 Å². The first-order valence-electron chi connectivity index (χ1n) is 3.97. The number of hydrogen-bond donors (Lipinski definition) is 1. The van der Waals surface area contributed by atoms with E-state index in [4.69, 9.17) is 23.2 Å². The molecule has 84 valence electrons. The van der Waals surface area contributed by atoms with Crippen molar-refractivity contribution in [2.45, 2.75) is 12.3 Å². The van der Waals surface area contributed by atoms with Gasteiger partial charge in [-0.15, -0.1) is 11.6 Å². The second-order valence-electron chi connectivity index (χ2n) is 2.91. The van der Waals surface area contributed by atoms with Gasteiger partial charge in [0.2, 0.25) is 0 Å². The molecule has 0 amide bonds. The highest BCUT2D eigenvalue weighted by atomic mass is 35.5. The summed E-state index contributed by atoms with van der Waals surface area (Å²) in [6, 6.07) is 3.20. The molecule has 1 aromatic rings. The molecule has 0 heterocycles. The van der Waals surface area contributed by atoms with E-state index in [0.29, 0.717) is 0 Å². The van der Waals surface area contributed by atoms with Gasteiger partial charge in [0, 0.05) is 0 Å². The molecule has 1 atom stereocenters. The van der Waals surface area contributed by atoms with Crippen LogP contribution in [-0.2, 0) is 6.18 Å². The predicted octanol–water partition coefficient (Wildman–Crippen LogP) is 3.63. The molecular formula is C9H7Cl2F3O. The molecule has 0 aliphatic heterocycles. The highest BCUT2D eigenvalue weighted by molar-refractivity contribution is 6.31. The van der Waals surface area contributed by atoms with Crippen molar-refractivity contribution in [2.24, 2.45) is 0 Å². The van der Waals surface area contributed by atoms with Crippen molar-refractivity contribution in [3.05, 3.63) is 34.3 Å². The Labute approximate surface area is 94.4 Å². The minimum atomic E-state index is -4.53. The van der Waals surface area contributed by atoms with Gasteiger partial charge in [0.05, 0.1) is 22.6 Å². The summed E-state index contributed by atoms with van der Waals surface area (Å²) in [4.78, 5) is 0. The van der Waals surface area contributed by atoms with E-state index in [-0.39, 0.29) is 11.4 Å². The lowest BCUT2D eigenvalue weighted by Crippen LogP contribution is -2.08. The largest absolute Gasteiger partial charge is 0.417 e. The highest BCUT2D eigenvalue weighted by Crippen LogP contribution is 2.36. The van der Waals surface area contributed by atoms with Crippen LogP contribution in [0, 0.1) is 0 Å². The smallest absolute Gasteiger partial charge is 0.387 e. The fourth-order valence-electron chi connectivity index (χ4n) is 1.06. The fourth-order valence-corrected chi connectivity index (χ4v) is 1.46. The Balaban J connectivity index is 3.17. The van der Waals surface area contributed by atoms with E-state index < -0.39 is 22.9 Å². The molecule has 1 aromatic carbocycles. The van der Waals surface area contributed by atoms with Gasteiger partial charge in [-0.1, -0.05) is 17.7 Å². The van der Waals surface area contributed by atoms with Gasteiger partial charge in [-0.3, -0.25) is 0 Å². The molecule has 0 bridgehead atoms. The second-order valence-corrected chi connectivity index (χ2v) is 3.62. The van der Waals surface area contributed by atoms with Gasteiger partial charge in [-0.2, -0.15) is 13.2 Å². The molecule has 6 heteroatoms. The van der Waals surface area contributed by atoms with E-state index in [1.54, 1.807) is 0 Å². The van der Waals surface area contributed by atoms with Crippen LogP contribution >= 0.6 is 23.2 Å². The van der Waals surface area contributed by atoms with Crippen LogP contribution in [0.5, 0.6) is 0 Å². The lowest BCUT2D eigenvalue weighted by Gasteiger charge is -2.13. The van der Waals surface area contributed by atoms with Crippen LogP contribution in [-0.4, -0.2) is 11.0 Å². The Hall–Kier alpha value is -0.450. The molecule has 1 rings (SSSR count). The van der Waals surface area contributed by atoms with Gasteiger partial charge in [-0.25, -0.2) is 0 Å². The second kappa shape index (κ2) is 4.60. The zero-order chi connectivity index (χ0) is 11.6. The molecule has 0 radical (unpaired) electrons. The number of alkyl halides is 4. The third-order valence-corrected chi connectivity index (χ3v) is 2.45. The van der Waals surface area contributed by atoms with Crippen LogP contribution in [0.25, 0.3) is 0 Å². The van der Waals surface area contributed by atoms with Gasteiger partial charge in [0.25, 0.3) is 0 Å². The fraction of sp³-hybridized carbons (Fsp3) is 0.333. The molecule has 0 saturated carbocycles. The van der Waals surface area contributed by atoms with Crippen molar-refractivity contribution in [1.82, 2.24) is 0 Å². The first kappa shape index (κ1) is 12.6. The van der Waals surface area contributed by atoms with E-state index in [0.717, 1.165) is 12.1 Å². The average Bonchev–Trinajstić information content (AvgIpc) is 2.15. The summed E-state index contributed by atoms with van der Waals surface area (Å²) in [5.74, 6) is -0.168. The van der Waals surface area contributed by atoms with E-state index >= 15 is 0 Å². The highest BCUT2D eigenvalue weighted by Gasteiger charge is 2.33. The number of aliphatic hydroxyl groups excluding tert-OH is 1. The summed E-state index contributed by atoms with van der Waals surface area (Å²) in [6.07, 6.45) is -5.65. The summed E-state index contributed by atoms with van der Waals surface area (Å²) >= 11 is 10.7. The predicted molar refractivity (Wildman–Crippen MR) is 52.1 cm³/mol. The number of hydrogen-bond acceptors (Lipinski definition) is 1. The number of aliphatic hydroxyl groups is 1. The van der Waals surface area contributed by atoms with Crippen LogP contribution in [0.4, 0.5) is 13.2 Å². The topological polar surface area (TPSA) is 20.2 Å². The monoisotopic (exact) mass is 258 g/mol. The quantitative estimate of drug-likeness (QED) is 0.804. The van der Waals surface area contributed by atoms with Gasteiger partial charge in [-0.05, 0) is 17.7 Å². The zero-order valence-corrected chi connectivity index (χ0v) is 8.87. The van der Waals surface area contributed by atoms with Crippen molar-refractivity contribution < 1.29 is 18.3 Å². The minimum absolute atomic E-state index is 0.0988. The summed E-state index contributed by atoms with van der Waals surface area (Å²) in [5.41, 5.74) is -0.868. The number of halogens is 5. The average molecular weight is 259 g/mol. The SMILES string of the molecule is O[C@@H](CCl)c1ccc(Cl)c(C(F)(F)F)c1. The molecule has 0 fully saturated rings. The van der Waals surface area contributed by atoms with E-state index in [9.17, 15) is 18.3 Å².